The summed E-state index contributed by atoms with van der Waals surface area (Å²) in [4.78, 5) is 39.0. The molecule has 5 rings (SSSR count). The van der Waals surface area contributed by atoms with Crippen LogP contribution in [-0.2, 0) is 22.3 Å². The van der Waals surface area contributed by atoms with Gasteiger partial charge in [-0.05, 0) is 50.8 Å². The Morgan fingerprint density at radius 2 is 1.77 bits per heavy atom. The fraction of sp³-hybridized carbons (Fsp3) is 0.483. The van der Waals surface area contributed by atoms with Gasteiger partial charge in [-0.3, -0.25) is 14.5 Å². The van der Waals surface area contributed by atoms with Gasteiger partial charge in [-0.2, -0.15) is 13.2 Å². The van der Waals surface area contributed by atoms with Gasteiger partial charge in [-0.1, -0.05) is 5.57 Å². The maximum Gasteiger partial charge on any atom is 0.417 e. The van der Waals surface area contributed by atoms with E-state index in [0.29, 0.717) is 38.5 Å². The Labute approximate surface area is 247 Å². The third-order valence-corrected chi connectivity index (χ3v) is 7.59. The van der Waals surface area contributed by atoms with E-state index in [1.165, 1.54) is 6.08 Å². The van der Waals surface area contributed by atoms with Gasteiger partial charge in [0.2, 0.25) is 11.8 Å². The van der Waals surface area contributed by atoms with Crippen LogP contribution in [-0.4, -0.2) is 87.0 Å². The molecule has 0 aliphatic carbocycles. The van der Waals surface area contributed by atoms with E-state index >= 15 is 0 Å². The molecule has 0 saturated carbocycles. The second-order valence-corrected chi connectivity index (χ2v) is 11.2. The second-order valence-electron chi connectivity index (χ2n) is 11.2. The molecule has 11 nitrogen and oxygen atoms in total. The number of alkyl halides is 3. The number of nitrogen functional groups attached to an aromatic ring is 1. The van der Waals surface area contributed by atoms with Gasteiger partial charge in [0.05, 0.1) is 17.7 Å². The average molecular weight is 600 g/mol. The van der Waals surface area contributed by atoms with Gasteiger partial charge in [0, 0.05) is 64.3 Å². The molecule has 2 fully saturated rings. The van der Waals surface area contributed by atoms with E-state index in [2.05, 4.69) is 30.2 Å². The van der Waals surface area contributed by atoms with E-state index in [1.807, 2.05) is 26.1 Å². The van der Waals surface area contributed by atoms with Crippen molar-refractivity contribution in [2.24, 2.45) is 0 Å². The van der Waals surface area contributed by atoms with Crippen molar-refractivity contribution in [3.05, 3.63) is 47.3 Å². The molecule has 3 aromatic rings. The number of rotatable bonds is 7. The molecule has 43 heavy (non-hydrogen) atoms. The van der Waals surface area contributed by atoms with Crippen molar-refractivity contribution in [3.8, 4) is 11.4 Å². The summed E-state index contributed by atoms with van der Waals surface area (Å²) in [7, 11) is 0. The number of pyridine rings is 1. The third-order valence-electron chi connectivity index (χ3n) is 7.59. The Hall–Kier alpha value is -4.20. The highest BCUT2D eigenvalue weighted by Gasteiger charge is 2.35. The highest BCUT2D eigenvalue weighted by atomic mass is 19.4. The minimum absolute atomic E-state index is 0.0483. The summed E-state index contributed by atoms with van der Waals surface area (Å²) in [5.41, 5.74) is 6.94. The van der Waals surface area contributed by atoms with Crippen LogP contribution in [0.15, 0.2) is 36.2 Å². The SMILES string of the molecule is CC(C)=CC(=O)NCC(=O)N1CCN(Cc2cc3c(N4CCCCC4)nc(-c4cnc(N)cc4C(F)(F)F)nn3c2)CC1. The molecular weight excluding hydrogens is 563 g/mol. The number of aromatic nitrogens is 4. The van der Waals surface area contributed by atoms with Crippen LogP contribution in [0.3, 0.4) is 0 Å². The molecule has 14 heteroatoms. The fourth-order valence-electron chi connectivity index (χ4n) is 5.46. The van der Waals surface area contributed by atoms with Gasteiger partial charge in [-0.25, -0.2) is 14.5 Å². The number of carbonyl (C=O) groups excluding carboxylic acids is 2. The number of fused-ring (bicyclic) bond motifs is 1. The highest BCUT2D eigenvalue weighted by Crippen LogP contribution is 2.37. The summed E-state index contributed by atoms with van der Waals surface area (Å²) in [5, 5.41) is 7.12. The summed E-state index contributed by atoms with van der Waals surface area (Å²) in [6, 6.07) is 2.79. The van der Waals surface area contributed by atoms with Gasteiger partial charge in [-0.15, -0.1) is 5.10 Å². The lowest BCUT2D eigenvalue weighted by atomic mass is 10.1. The quantitative estimate of drug-likeness (QED) is 0.397. The van der Waals surface area contributed by atoms with E-state index in [-0.39, 0.29) is 35.6 Å². The van der Waals surface area contributed by atoms with E-state index in [4.69, 9.17) is 5.73 Å². The largest absolute Gasteiger partial charge is 0.417 e. The van der Waals surface area contributed by atoms with Crippen molar-refractivity contribution in [1.29, 1.82) is 0 Å². The number of carbonyl (C=O) groups is 2. The van der Waals surface area contributed by atoms with Crippen molar-refractivity contribution in [2.45, 2.75) is 45.8 Å². The number of nitrogens with two attached hydrogens (primary N) is 1. The van der Waals surface area contributed by atoms with E-state index in [0.717, 1.165) is 61.3 Å². The maximum absolute atomic E-state index is 13.9. The van der Waals surface area contributed by atoms with Crippen LogP contribution in [0.2, 0.25) is 0 Å². The van der Waals surface area contributed by atoms with Crippen LogP contribution < -0.4 is 16.0 Å². The Kier molecular flexibility index (Phi) is 8.85. The predicted molar refractivity (Wildman–Crippen MR) is 156 cm³/mol. The van der Waals surface area contributed by atoms with Crippen molar-refractivity contribution >= 4 is 29.0 Å². The van der Waals surface area contributed by atoms with Gasteiger partial charge in [0.25, 0.3) is 0 Å². The minimum atomic E-state index is -4.65. The van der Waals surface area contributed by atoms with Crippen LogP contribution in [0.1, 0.15) is 44.2 Å². The number of hydrogen-bond donors (Lipinski definition) is 2. The van der Waals surface area contributed by atoms with Crippen LogP contribution in [0, 0.1) is 0 Å². The predicted octanol–water partition coefficient (Wildman–Crippen LogP) is 3.11. The molecule has 3 aromatic heterocycles. The second kappa shape index (κ2) is 12.6. The average Bonchev–Trinajstić information content (AvgIpc) is 3.37. The number of anilines is 2. The van der Waals surface area contributed by atoms with Gasteiger partial charge in [0.15, 0.2) is 11.6 Å². The lowest BCUT2D eigenvalue weighted by Crippen LogP contribution is -2.50. The van der Waals surface area contributed by atoms with Crippen LogP contribution in [0.25, 0.3) is 16.9 Å². The zero-order valence-corrected chi connectivity index (χ0v) is 24.3. The number of allylic oxidation sites excluding steroid dienone is 1. The molecule has 0 bridgehead atoms. The monoisotopic (exact) mass is 599 g/mol. The number of nitrogens with one attached hydrogen (secondary N) is 1. The molecule has 0 unspecified atom stereocenters. The number of piperidine rings is 1. The molecule has 0 radical (unpaired) electrons. The number of halogens is 3. The first-order valence-electron chi connectivity index (χ1n) is 14.4. The summed E-state index contributed by atoms with van der Waals surface area (Å²) in [6.07, 6.45) is 2.74. The lowest BCUT2D eigenvalue weighted by Gasteiger charge is -2.34. The molecule has 0 aromatic carbocycles. The van der Waals surface area contributed by atoms with Crippen molar-refractivity contribution < 1.29 is 22.8 Å². The Morgan fingerprint density at radius 1 is 1.05 bits per heavy atom. The standard InChI is InChI=1S/C29H36F3N9O2/c1-19(2)12-25(42)35-16-26(43)39-10-8-38(9-11-39)17-20-13-23-28(40-6-4-3-5-7-40)36-27(37-41(23)18-20)21-15-34-24(33)14-22(21)29(30,31)32/h12-15,18H,3-11,16-17H2,1-2H3,(H2,33,34)(H,35,42). The molecular formula is C29H36F3N9O2. The molecule has 2 saturated heterocycles. The van der Waals surface area contributed by atoms with Crippen molar-refractivity contribution in [2.75, 3.05) is 56.4 Å². The van der Waals surface area contributed by atoms with Crippen LogP contribution in [0.4, 0.5) is 24.8 Å². The van der Waals surface area contributed by atoms with E-state index < -0.39 is 11.7 Å². The molecule has 0 spiro atoms. The van der Waals surface area contributed by atoms with Gasteiger partial charge in [0.1, 0.15) is 11.3 Å². The molecule has 3 N–H and O–H groups in total. The van der Waals surface area contributed by atoms with Crippen molar-refractivity contribution in [3.63, 3.8) is 0 Å². The first-order valence-corrected chi connectivity index (χ1v) is 14.4. The van der Waals surface area contributed by atoms with Gasteiger partial charge >= 0.3 is 6.18 Å². The number of hydrogen-bond acceptors (Lipinski definition) is 8. The first kappa shape index (κ1) is 30.3. The zero-order valence-electron chi connectivity index (χ0n) is 24.3. The number of amides is 2. The van der Waals surface area contributed by atoms with Crippen molar-refractivity contribution in [1.82, 2.24) is 34.7 Å². The molecule has 2 aliphatic heterocycles. The maximum atomic E-state index is 13.9. The topological polar surface area (TPSA) is 125 Å². The zero-order chi connectivity index (χ0) is 30.7. The summed E-state index contributed by atoms with van der Waals surface area (Å²) >= 11 is 0. The summed E-state index contributed by atoms with van der Waals surface area (Å²) in [5.74, 6) is -0.128. The third kappa shape index (κ3) is 7.24. The molecule has 2 aliphatic rings. The smallest absolute Gasteiger partial charge is 0.384 e. The highest BCUT2D eigenvalue weighted by molar-refractivity contribution is 5.91. The van der Waals surface area contributed by atoms with Gasteiger partial charge < -0.3 is 20.9 Å². The minimum Gasteiger partial charge on any atom is -0.384 e. The molecule has 2 amide bonds. The molecule has 5 heterocycles. The van der Waals surface area contributed by atoms with E-state index in [1.54, 1.807) is 9.42 Å². The number of piperazine rings is 1. The molecule has 0 atom stereocenters. The van der Waals surface area contributed by atoms with Crippen LogP contribution >= 0.6 is 0 Å². The number of nitrogens with zero attached hydrogens (tertiary/aromatic N) is 7. The summed E-state index contributed by atoms with van der Waals surface area (Å²) in [6.45, 7) is 8.00. The summed E-state index contributed by atoms with van der Waals surface area (Å²) < 4.78 is 43.4. The van der Waals surface area contributed by atoms with E-state index in [9.17, 15) is 22.8 Å². The Bertz CT molecular complexity index is 1520. The first-order chi connectivity index (χ1) is 20.5. The lowest BCUT2D eigenvalue weighted by molar-refractivity contribution is -0.137. The fourth-order valence-corrected chi connectivity index (χ4v) is 5.46. The van der Waals surface area contributed by atoms with Crippen LogP contribution in [0.5, 0.6) is 0 Å². The molecule has 230 valence electrons. The Balaban J connectivity index is 1.35. The Morgan fingerprint density at radius 3 is 2.44 bits per heavy atom. The normalized spacial score (nSPS) is 16.4.